The van der Waals surface area contributed by atoms with Crippen LogP contribution >= 0.6 is 0 Å². The van der Waals surface area contributed by atoms with Crippen LogP contribution in [0.15, 0.2) is 25.3 Å². The fraction of sp³-hybridized carbons (Fsp3) is 0.731. The minimum absolute atomic E-state index is 0.106. The van der Waals surface area contributed by atoms with E-state index >= 15 is 0 Å². The van der Waals surface area contributed by atoms with Gasteiger partial charge in [0, 0.05) is 25.2 Å². The van der Waals surface area contributed by atoms with E-state index in [0.29, 0.717) is 32.2 Å². The molecular formula is C26H40N2O6. The predicted molar refractivity (Wildman–Crippen MR) is 128 cm³/mol. The van der Waals surface area contributed by atoms with Crippen LogP contribution in [-0.4, -0.2) is 81.8 Å². The molecule has 3 heterocycles. The topological polar surface area (TPSA) is 96.4 Å². The molecule has 0 aromatic heterocycles. The Balaban J connectivity index is 2.00. The Hall–Kier alpha value is -2.19. The van der Waals surface area contributed by atoms with Crippen LogP contribution < -0.4 is 0 Å². The Morgan fingerprint density at radius 2 is 1.97 bits per heavy atom. The molecule has 8 nitrogen and oxygen atoms in total. The van der Waals surface area contributed by atoms with Gasteiger partial charge in [0.1, 0.15) is 17.6 Å². The minimum Gasteiger partial charge on any atom is -0.465 e. The molecule has 3 aliphatic heterocycles. The number of aliphatic hydroxyl groups excluding tert-OH is 1. The molecule has 190 valence electrons. The Morgan fingerprint density at radius 1 is 1.26 bits per heavy atom. The zero-order chi connectivity index (χ0) is 25.3. The number of aliphatic hydroxyl groups is 1. The maximum absolute atomic E-state index is 14.1. The van der Waals surface area contributed by atoms with Crippen LogP contribution in [0.1, 0.15) is 59.8 Å². The molecule has 0 aliphatic carbocycles. The van der Waals surface area contributed by atoms with Crippen molar-refractivity contribution >= 4 is 17.8 Å². The lowest BCUT2D eigenvalue weighted by atomic mass is 9.66. The largest absolute Gasteiger partial charge is 0.465 e. The van der Waals surface area contributed by atoms with Crippen molar-refractivity contribution < 1.29 is 29.0 Å². The molecule has 2 bridgehead atoms. The minimum atomic E-state index is -1.09. The van der Waals surface area contributed by atoms with Crippen molar-refractivity contribution in [3.63, 3.8) is 0 Å². The average Bonchev–Trinajstić information content (AvgIpc) is 3.33. The molecule has 0 aromatic rings. The molecule has 3 aliphatic rings. The van der Waals surface area contributed by atoms with E-state index in [1.54, 1.807) is 17.1 Å². The van der Waals surface area contributed by atoms with Crippen LogP contribution in [0.3, 0.4) is 0 Å². The highest BCUT2D eigenvalue weighted by molar-refractivity contribution is 5.98. The number of ether oxygens (including phenoxy) is 2. The van der Waals surface area contributed by atoms with E-state index in [4.69, 9.17) is 9.47 Å². The zero-order valence-electron chi connectivity index (χ0n) is 21.0. The number of unbranched alkanes of at least 4 members (excludes halogenated alkanes) is 1. The molecule has 0 aromatic carbocycles. The maximum Gasteiger partial charge on any atom is 0.312 e. The van der Waals surface area contributed by atoms with Crippen LogP contribution in [0, 0.1) is 11.8 Å². The third kappa shape index (κ3) is 4.31. The number of nitrogens with zero attached hydrogens (tertiary/aromatic N) is 2. The molecule has 2 unspecified atom stereocenters. The van der Waals surface area contributed by atoms with E-state index in [9.17, 15) is 19.5 Å². The van der Waals surface area contributed by atoms with Crippen molar-refractivity contribution in [2.24, 2.45) is 11.8 Å². The van der Waals surface area contributed by atoms with Crippen LogP contribution in [0.25, 0.3) is 0 Å². The molecule has 0 saturated carbocycles. The van der Waals surface area contributed by atoms with Crippen molar-refractivity contribution in [2.45, 2.75) is 82.6 Å². The summed E-state index contributed by atoms with van der Waals surface area (Å²) >= 11 is 0. The molecule has 2 amide bonds. The number of esters is 1. The molecule has 1 spiro atoms. The van der Waals surface area contributed by atoms with Gasteiger partial charge in [-0.2, -0.15) is 0 Å². The van der Waals surface area contributed by atoms with Crippen molar-refractivity contribution in [2.75, 3.05) is 26.3 Å². The third-order valence-electron chi connectivity index (χ3n) is 7.51. The Labute approximate surface area is 202 Å². The van der Waals surface area contributed by atoms with Gasteiger partial charge < -0.3 is 24.4 Å². The highest BCUT2D eigenvalue weighted by Crippen LogP contribution is 2.63. The molecule has 0 radical (unpaired) electrons. The lowest BCUT2D eigenvalue weighted by Gasteiger charge is -2.42. The summed E-state index contributed by atoms with van der Waals surface area (Å²) in [6, 6.07) is -0.865. The number of carbonyl (C=O) groups excluding carboxylic acids is 3. The van der Waals surface area contributed by atoms with Gasteiger partial charge in [0.15, 0.2) is 0 Å². The average molecular weight is 477 g/mol. The Kier molecular flexibility index (Phi) is 7.63. The fourth-order valence-corrected chi connectivity index (χ4v) is 6.01. The van der Waals surface area contributed by atoms with Crippen LogP contribution in [0.5, 0.6) is 0 Å². The van der Waals surface area contributed by atoms with Crippen molar-refractivity contribution in [3.05, 3.63) is 25.3 Å². The molecule has 8 heteroatoms. The summed E-state index contributed by atoms with van der Waals surface area (Å²) in [7, 11) is 0. The van der Waals surface area contributed by atoms with E-state index in [2.05, 4.69) is 13.2 Å². The normalized spacial score (nSPS) is 32.0. The molecule has 3 rings (SSSR count). The van der Waals surface area contributed by atoms with Crippen LogP contribution in [-0.2, 0) is 23.9 Å². The van der Waals surface area contributed by atoms with Gasteiger partial charge in [-0.3, -0.25) is 14.4 Å². The molecule has 5 atom stereocenters. The number of likely N-dealkylation sites (tertiary alicyclic amines) is 1. The second-order valence-electron chi connectivity index (χ2n) is 10.8. The van der Waals surface area contributed by atoms with E-state index < -0.39 is 40.6 Å². The van der Waals surface area contributed by atoms with Crippen molar-refractivity contribution in [3.8, 4) is 0 Å². The zero-order valence-corrected chi connectivity index (χ0v) is 21.0. The smallest absolute Gasteiger partial charge is 0.312 e. The number of hydrogen-bond donors (Lipinski definition) is 1. The highest BCUT2D eigenvalue weighted by atomic mass is 16.6. The lowest BCUT2D eigenvalue weighted by molar-refractivity contribution is -0.161. The summed E-state index contributed by atoms with van der Waals surface area (Å²) in [6.45, 7) is 15.8. The standard InChI is InChI=1S/C26H40N2O6/c1-7-9-10-17-33-23(32)19-18-21(30)27(15-11-16-29)20(26(18)13-12-25(19,6)34-26)22(31)28(14-8-2)24(3,4)5/h7-8,18-20,29H,1-2,9-17H2,3-6H3/t18-,19+,20?,25-,26?/m0/s1. The number of carbonyl (C=O) groups is 3. The van der Waals surface area contributed by atoms with Gasteiger partial charge in [0.05, 0.1) is 18.1 Å². The Morgan fingerprint density at radius 3 is 2.56 bits per heavy atom. The number of fused-ring (bicyclic) bond motifs is 1. The first kappa shape index (κ1) is 26.4. The number of rotatable bonds is 11. The third-order valence-corrected chi connectivity index (χ3v) is 7.51. The number of hydrogen-bond acceptors (Lipinski definition) is 6. The fourth-order valence-electron chi connectivity index (χ4n) is 6.01. The molecular weight excluding hydrogens is 436 g/mol. The van der Waals surface area contributed by atoms with Gasteiger partial charge in [-0.05, 0) is 59.8 Å². The molecule has 1 N–H and O–H groups in total. The molecule has 34 heavy (non-hydrogen) atoms. The SMILES string of the molecule is C=CCCCOC(=O)[C@H]1[C@H]2C(=O)N(CCCO)C(C(=O)N(CC=C)C(C)(C)C)C23CC[C@]1(C)O3. The predicted octanol–water partition coefficient (Wildman–Crippen LogP) is 2.46. The number of allylic oxidation sites excluding steroid dienone is 1. The summed E-state index contributed by atoms with van der Waals surface area (Å²) in [5, 5.41) is 9.46. The highest BCUT2D eigenvalue weighted by Gasteiger charge is 2.78. The summed E-state index contributed by atoms with van der Waals surface area (Å²) < 4.78 is 12.1. The monoisotopic (exact) mass is 476 g/mol. The van der Waals surface area contributed by atoms with Crippen molar-refractivity contribution in [1.29, 1.82) is 0 Å². The van der Waals surface area contributed by atoms with Gasteiger partial charge in [-0.15, -0.1) is 13.2 Å². The van der Waals surface area contributed by atoms with Gasteiger partial charge >= 0.3 is 5.97 Å². The first-order valence-electron chi connectivity index (χ1n) is 12.3. The second-order valence-corrected chi connectivity index (χ2v) is 10.8. The van der Waals surface area contributed by atoms with Gasteiger partial charge in [-0.25, -0.2) is 0 Å². The van der Waals surface area contributed by atoms with Gasteiger partial charge in [-0.1, -0.05) is 12.2 Å². The first-order valence-corrected chi connectivity index (χ1v) is 12.3. The van der Waals surface area contributed by atoms with E-state index in [1.807, 2.05) is 27.7 Å². The summed E-state index contributed by atoms with van der Waals surface area (Å²) in [6.07, 6.45) is 6.25. The first-order chi connectivity index (χ1) is 16.0. The van der Waals surface area contributed by atoms with Crippen LogP contribution in [0.2, 0.25) is 0 Å². The van der Waals surface area contributed by atoms with Crippen LogP contribution in [0.4, 0.5) is 0 Å². The summed E-state index contributed by atoms with van der Waals surface area (Å²) in [5.74, 6) is -2.48. The molecule has 3 fully saturated rings. The molecule has 3 saturated heterocycles. The van der Waals surface area contributed by atoms with E-state index in [1.165, 1.54) is 4.90 Å². The number of amides is 2. The van der Waals surface area contributed by atoms with Gasteiger partial charge in [0.25, 0.3) is 0 Å². The second kappa shape index (κ2) is 9.82. The quantitative estimate of drug-likeness (QED) is 0.280. The lowest BCUT2D eigenvalue weighted by Crippen LogP contribution is -2.60. The summed E-state index contributed by atoms with van der Waals surface area (Å²) in [5.41, 5.74) is -2.45. The van der Waals surface area contributed by atoms with E-state index in [-0.39, 0.29) is 31.6 Å². The van der Waals surface area contributed by atoms with Crippen molar-refractivity contribution in [1.82, 2.24) is 9.80 Å². The van der Waals surface area contributed by atoms with Gasteiger partial charge in [0.2, 0.25) is 11.8 Å². The van der Waals surface area contributed by atoms with E-state index in [0.717, 1.165) is 6.42 Å². The maximum atomic E-state index is 14.1. The Bertz CT molecular complexity index is 836. The summed E-state index contributed by atoms with van der Waals surface area (Å²) in [4.78, 5) is 44.4.